The topological polar surface area (TPSA) is 56.1 Å². The minimum Gasteiger partial charge on any atom is -0.495 e. The zero-order valence-corrected chi connectivity index (χ0v) is 16.2. The lowest BCUT2D eigenvalue weighted by Gasteiger charge is -2.11. The van der Waals surface area contributed by atoms with Crippen molar-refractivity contribution >= 4 is 11.6 Å². The summed E-state index contributed by atoms with van der Waals surface area (Å²) < 4.78 is 7.23. The summed E-state index contributed by atoms with van der Waals surface area (Å²) in [6.45, 7) is 6.01. The maximum atomic E-state index is 12.3. The van der Waals surface area contributed by atoms with Gasteiger partial charge >= 0.3 is 0 Å². The molecule has 1 N–H and O–H groups in total. The minimum atomic E-state index is -0.0264. The lowest BCUT2D eigenvalue weighted by molar-refractivity contribution is -0.116. The first-order valence-corrected chi connectivity index (χ1v) is 9.03. The Balaban J connectivity index is 1.61. The Kier molecular flexibility index (Phi) is 5.60. The second kappa shape index (κ2) is 8.08. The van der Waals surface area contributed by atoms with E-state index >= 15 is 0 Å². The van der Waals surface area contributed by atoms with Gasteiger partial charge in [0.05, 0.1) is 24.2 Å². The molecule has 0 saturated heterocycles. The Hall–Kier alpha value is -3.08. The standard InChI is InChI=1S/C22H25N3O2/c1-15-5-11-21(27-4)20(13-15)23-22(26)12-8-18-6-9-19(10-7-18)25-17(3)14-16(2)24-25/h5-7,9-11,13-14H,8,12H2,1-4H3,(H,23,26). The normalized spacial score (nSPS) is 10.7. The van der Waals surface area contributed by atoms with Crippen LogP contribution in [0.1, 0.15) is 28.9 Å². The monoisotopic (exact) mass is 363 g/mol. The van der Waals surface area contributed by atoms with Crippen LogP contribution in [0.2, 0.25) is 0 Å². The first-order chi connectivity index (χ1) is 13.0. The van der Waals surface area contributed by atoms with Crippen molar-refractivity contribution in [2.24, 2.45) is 0 Å². The molecular weight excluding hydrogens is 338 g/mol. The molecule has 27 heavy (non-hydrogen) atoms. The number of benzene rings is 2. The maximum Gasteiger partial charge on any atom is 0.224 e. The summed E-state index contributed by atoms with van der Waals surface area (Å²) in [5.41, 5.74) is 6.03. The highest BCUT2D eigenvalue weighted by atomic mass is 16.5. The Morgan fingerprint density at radius 1 is 1.07 bits per heavy atom. The quantitative estimate of drug-likeness (QED) is 0.707. The molecular formula is C22H25N3O2. The summed E-state index contributed by atoms with van der Waals surface area (Å²) in [6.07, 6.45) is 1.09. The fraction of sp³-hybridized carbons (Fsp3) is 0.273. The predicted molar refractivity (Wildman–Crippen MR) is 108 cm³/mol. The summed E-state index contributed by atoms with van der Waals surface area (Å²) in [7, 11) is 1.60. The van der Waals surface area contributed by atoms with Crippen LogP contribution >= 0.6 is 0 Å². The summed E-state index contributed by atoms with van der Waals surface area (Å²) in [5, 5.41) is 7.44. The van der Waals surface area contributed by atoms with Crippen molar-refractivity contribution in [3.63, 3.8) is 0 Å². The number of nitrogens with zero attached hydrogens (tertiary/aromatic N) is 2. The van der Waals surface area contributed by atoms with Crippen LogP contribution in [0.3, 0.4) is 0 Å². The highest BCUT2D eigenvalue weighted by molar-refractivity contribution is 5.92. The van der Waals surface area contributed by atoms with Crippen LogP contribution in [-0.4, -0.2) is 22.8 Å². The third kappa shape index (κ3) is 4.56. The number of hydrogen-bond acceptors (Lipinski definition) is 3. The van der Waals surface area contributed by atoms with Crippen molar-refractivity contribution in [2.45, 2.75) is 33.6 Å². The molecule has 0 atom stereocenters. The van der Waals surface area contributed by atoms with Gasteiger partial charge in [0, 0.05) is 12.1 Å². The highest BCUT2D eigenvalue weighted by Crippen LogP contribution is 2.25. The fourth-order valence-corrected chi connectivity index (χ4v) is 3.08. The Morgan fingerprint density at radius 2 is 1.81 bits per heavy atom. The number of hydrogen-bond donors (Lipinski definition) is 1. The van der Waals surface area contributed by atoms with Crippen molar-refractivity contribution < 1.29 is 9.53 Å². The smallest absolute Gasteiger partial charge is 0.224 e. The Bertz CT molecular complexity index is 943. The van der Waals surface area contributed by atoms with E-state index < -0.39 is 0 Å². The molecule has 1 heterocycles. The molecule has 0 aliphatic rings. The largest absolute Gasteiger partial charge is 0.495 e. The number of methoxy groups -OCH3 is 1. The molecule has 0 bridgehead atoms. The molecule has 0 aliphatic carbocycles. The zero-order chi connectivity index (χ0) is 19.4. The first-order valence-electron chi connectivity index (χ1n) is 9.03. The number of carbonyl (C=O) groups excluding carboxylic acids is 1. The number of aromatic nitrogens is 2. The van der Waals surface area contributed by atoms with E-state index in [1.54, 1.807) is 7.11 Å². The van der Waals surface area contributed by atoms with Crippen molar-refractivity contribution in [3.8, 4) is 11.4 Å². The average Bonchev–Trinajstić information content (AvgIpc) is 2.99. The number of aryl methyl sites for hydroxylation is 4. The van der Waals surface area contributed by atoms with Crippen LogP contribution in [0.25, 0.3) is 5.69 Å². The van der Waals surface area contributed by atoms with E-state index in [4.69, 9.17) is 4.74 Å². The molecule has 1 aromatic heterocycles. The van der Waals surface area contributed by atoms with Gasteiger partial charge in [0.15, 0.2) is 0 Å². The molecule has 3 aromatic rings. The second-order valence-electron chi connectivity index (χ2n) is 6.76. The average molecular weight is 363 g/mol. The Morgan fingerprint density at radius 3 is 2.44 bits per heavy atom. The van der Waals surface area contributed by atoms with Crippen molar-refractivity contribution in [2.75, 3.05) is 12.4 Å². The van der Waals surface area contributed by atoms with Gasteiger partial charge in [0.2, 0.25) is 5.91 Å². The molecule has 140 valence electrons. The van der Waals surface area contributed by atoms with E-state index in [2.05, 4.69) is 16.5 Å². The third-order valence-electron chi connectivity index (χ3n) is 4.46. The predicted octanol–water partition coefficient (Wildman–Crippen LogP) is 4.38. The number of ether oxygens (including phenoxy) is 1. The van der Waals surface area contributed by atoms with Gasteiger partial charge in [-0.15, -0.1) is 0 Å². The van der Waals surface area contributed by atoms with Crippen LogP contribution in [0.15, 0.2) is 48.5 Å². The van der Waals surface area contributed by atoms with E-state index in [9.17, 15) is 4.79 Å². The van der Waals surface area contributed by atoms with Crippen molar-refractivity contribution in [3.05, 3.63) is 71.0 Å². The Labute approximate surface area is 160 Å². The number of carbonyl (C=O) groups is 1. The SMILES string of the molecule is COc1ccc(C)cc1NC(=O)CCc1ccc(-n2nc(C)cc2C)cc1. The molecule has 0 fully saturated rings. The fourth-order valence-electron chi connectivity index (χ4n) is 3.08. The van der Waals surface area contributed by atoms with Crippen LogP contribution < -0.4 is 10.1 Å². The van der Waals surface area contributed by atoms with E-state index in [0.717, 1.165) is 28.2 Å². The van der Waals surface area contributed by atoms with Gasteiger partial charge < -0.3 is 10.1 Å². The van der Waals surface area contributed by atoms with Crippen LogP contribution in [0, 0.1) is 20.8 Å². The molecule has 0 unspecified atom stereocenters. The molecule has 2 aromatic carbocycles. The van der Waals surface area contributed by atoms with Crippen molar-refractivity contribution in [1.82, 2.24) is 9.78 Å². The van der Waals surface area contributed by atoms with Gasteiger partial charge in [-0.25, -0.2) is 4.68 Å². The molecule has 1 amide bonds. The number of rotatable bonds is 6. The van der Waals surface area contributed by atoms with Gasteiger partial charge in [-0.2, -0.15) is 5.10 Å². The molecule has 5 nitrogen and oxygen atoms in total. The molecule has 3 rings (SSSR count). The molecule has 5 heteroatoms. The molecule has 0 radical (unpaired) electrons. The summed E-state index contributed by atoms with van der Waals surface area (Å²) in [5.74, 6) is 0.643. The van der Waals surface area contributed by atoms with Crippen molar-refractivity contribution in [1.29, 1.82) is 0 Å². The van der Waals surface area contributed by atoms with E-state index in [1.165, 1.54) is 0 Å². The molecule has 0 saturated carbocycles. The van der Waals surface area contributed by atoms with E-state index in [-0.39, 0.29) is 5.91 Å². The summed E-state index contributed by atoms with van der Waals surface area (Å²) in [6, 6.07) is 16.0. The second-order valence-corrected chi connectivity index (χ2v) is 6.76. The maximum absolute atomic E-state index is 12.3. The minimum absolute atomic E-state index is 0.0264. The van der Waals surface area contributed by atoms with E-state index in [0.29, 0.717) is 24.3 Å². The van der Waals surface area contributed by atoms with Crippen LogP contribution in [0.5, 0.6) is 5.75 Å². The lowest BCUT2D eigenvalue weighted by atomic mass is 10.1. The van der Waals surface area contributed by atoms with Gasteiger partial charge in [-0.05, 0) is 68.7 Å². The van der Waals surface area contributed by atoms with E-state index in [1.807, 2.05) is 67.9 Å². The van der Waals surface area contributed by atoms with Crippen LogP contribution in [-0.2, 0) is 11.2 Å². The number of amides is 1. The lowest BCUT2D eigenvalue weighted by Crippen LogP contribution is -2.13. The van der Waals surface area contributed by atoms with Gasteiger partial charge in [0.1, 0.15) is 5.75 Å². The van der Waals surface area contributed by atoms with Gasteiger partial charge in [-0.1, -0.05) is 18.2 Å². The van der Waals surface area contributed by atoms with Gasteiger partial charge in [0.25, 0.3) is 0 Å². The summed E-state index contributed by atoms with van der Waals surface area (Å²) in [4.78, 5) is 12.3. The molecule has 0 spiro atoms. The van der Waals surface area contributed by atoms with Crippen LogP contribution in [0.4, 0.5) is 5.69 Å². The summed E-state index contributed by atoms with van der Waals surface area (Å²) >= 11 is 0. The zero-order valence-electron chi connectivity index (χ0n) is 16.2. The highest BCUT2D eigenvalue weighted by Gasteiger charge is 2.09. The first kappa shape index (κ1) is 18.7. The molecule has 0 aliphatic heterocycles. The number of nitrogens with one attached hydrogen (secondary N) is 1. The van der Waals surface area contributed by atoms with Gasteiger partial charge in [-0.3, -0.25) is 4.79 Å². The number of anilines is 1. The third-order valence-corrected chi connectivity index (χ3v) is 4.46.